The first-order valence-corrected chi connectivity index (χ1v) is 6.69. The van der Waals surface area contributed by atoms with Gasteiger partial charge in [0.2, 0.25) is 0 Å². The molecule has 1 aliphatic carbocycles. The zero-order chi connectivity index (χ0) is 11.1. The van der Waals surface area contributed by atoms with Crippen molar-refractivity contribution in [2.45, 2.75) is 39.0 Å². The lowest BCUT2D eigenvalue weighted by atomic mass is 9.75. The normalized spacial score (nSPS) is 25.1. The van der Waals surface area contributed by atoms with E-state index in [1.54, 1.807) is 0 Å². The minimum Gasteiger partial charge on any atom is -0.149 e. The highest BCUT2D eigenvalue weighted by atomic mass is 35.5. The van der Waals surface area contributed by atoms with Gasteiger partial charge in [-0.3, -0.25) is 0 Å². The largest absolute Gasteiger partial charge is 0.149 e. The van der Waals surface area contributed by atoms with E-state index in [0.29, 0.717) is 5.41 Å². The summed E-state index contributed by atoms with van der Waals surface area (Å²) in [6, 6.07) is 2.22. The Morgan fingerprint density at radius 2 is 2.20 bits per heavy atom. The van der Waals surface area contributed by atoms with Gasteiger partial charge in [-0.05, 0) is 47.8 Å². The van der Waals surface area contributed by atoms with Crippen LogP contribution < -0.4 is 0 Å². The van der Waals surface area contributed by atoms with Crippen molar-refractivity contribution >= 4 is 28.5 Å². The molecule has 15 heavy (non-hydrogen) atoms. The van der Waals surface area contributed by atoms with Crippen LogP contribution in [0.15, 0.2) is 17.5 Å². The molecular weight excluding hydrogens is 224 g/mol. The molecule has 0 spiro atoms. The monoisotopic (exact) mass is 240 g/mol. The zero-order valence-electron chi connectivity index (χ0n) is 9.51. The summed E-state index contributed by atoms with van der Waals surface area (Å²) in [5, 5.41) is 2.36. The highest BCUT2D eigenvalue weighted by molar-refractivity contribution is 7.10. The van der Waals surface area contributed by atoms with Crippen molar-refractivity contribution in [3.05, 3.63) is 28.0 Å². The van der Waals surface area contributed by atoms with Crippen molar-refractivity contribution in [2.75, 3.05) is 0 Å². The van der Waals surface area contributed by atoms with E-state index in [1.165, 1.54) is 16.0 Å². The number of halogens is 1. The van der Waals surface area contributed by atoms with Crippen LogP contribution in [0.2, 0.25) is 0 Å². The van der Waals surface area contributed by atoms with Gasteiger partial charge in [0.15, 0.2) is 0 Å². The van der Waals surface area contributed by atoms with Crippen LogP contribution in [-0.4, -0.2) is 5.38 Å². The van der Waals surface area contributed by atoms with Gasteiger partial charge in [0.25, 0.3) is 0 Å². The van der Waals surface area contributed by atoms with Crippen LogP contribution in [0, 0.1) is 12.3 Å². The molecule has 2 rings (SSSR count). The fourth-order valence-corrected chi connectivity index (χ4v) is 3.66. The lowest BCUT2D eigenvalue weighted by Gasteiger charge is -2.32. The SMILES string of the molecule is Cc1sccc1C1=CC(Cl)CC(C)(C)C1. The van der Waals surface area contributed by atoms with E-state index in [2.05, 4.69) is 38.3 Å². The smallest absolute Gasteiger partial charge is 0.0527 e. The molecule has 0 aliphatic heterocycles. The van der Waals surface area contributed by atoms with Crippen molar-refractivity contribution in [3.63, 3.8) is 0 Å². The van der Waals surface area contributed by atoms with Crippen molar-refractivity contribution in [2.24, 2.45) is 5.41 Å². The second kappa shape index (κ2) is 3.95. The molecule has 1 aromatic heterocycles. The summed E-state index contributed by atoms with van der Waals surface area (Å²) >= 11 is 8.11. The molecule has 1 heterocycles. The molecule has 1 atom stereocenters. The van der Waals surface area contributed by atoms with Gasteiger partial charge in [-0.15, -0.1) is 22.9 Å². The van der Waals surface area contributed by atoms with Crippen LogP contribution in [0.5, 0.6) is 0 Å². The first-order chi connectivity index (χ1) is 6.98. The van der Waals surface area contributed by atoms with Crippen LogP contribution in [0.3, 0.4) is 0 Å². The van der Waals surface area contributed by atoms with Crippen molar-refractivity contribution in [1.82, 2.24) is 0 Å². The van der Waals surface area contributed by atoms with Crippen LogP contribution >= 0.6 is 22.9 Å². The third-order valence-electron chi connectivity index (χ3n) is 3.00. The summed E-state index contributed by atoms with van der Waals surface area (Å²) < 4.78 is 0. The summed E-state index contributed by atoms with van der Waals surface area (Å²) in [6.45, 7) is 6.79. The highest BCUT2D eigenvalue weighted by Crippen LogP contribution is 2.42. The number of hydrogen-bond donors (Lipinski definition) is 0. The van der Waals surface area contributed by atoms with Crippen molar-refractivity contribution in [1.29, 1.82) is 0 Å². The van der Waals surface area contributed by atoms with E-state index < -0.39 is 0 Å². The molecule has 0 fully saturated rings. The van der Waals surface area contributed by atoms with Gasteiger partial charge in [0.05, 0.1) is 5.38 Å². The number of aryl methyl sites for hydroxylation is 1. The van der Waals surface area contributed by atoms with Crippen LogP contribution in [0.1, 0.15) is 37.1 Å². The number of alkyl halides is 1. The predicted molar refractivity (Wildman–Crippen MR) is 69.7 cm³/mol. The van der Waals surface area contributed by atoms with Crippen LogP contribution in [-0.2, 0) is 0 Å². The molecule has 0 saturated carbocycles. The maximum absolute atomic E-state index is 6.29. The molecule has 0 aromatic carbocycles. The molecule has 0 N–H and O–H groups in total. The second-order valence-electron chi connectivity index (χ2n) is 5.14. The number of allylic oxidation sites excluding steroid dienone is 2. The Balaban J connectivity index is 2.34. The van der Waals surface area contributed by atoms with Gasteiger partial charge in [-0.1, -0.05) is 19.9 Å². The Hall–Kier alpha value is -0.270. The molecule has 0 radical (unpaired) electrons. The number of hydrogen-bond acceptors (Lipinski definition) is 1. The number of rotatable bonds is 1. The predicted octanol–water partition coefficient (Wildman–Crippen LogP) is 4.87. The second-order valence-corrected chi connectivity index (χ2v) is 6.82. The van der Waals surface area contributed by atoms with Crippen LogP contribution in [0.4, 0.5) is 0 Å². The molecule has 82 valence electrons. The van der Waals surface area contributed by atoms with Crippen molar-refractivity contribution < 1.29 is 0 Å². The third-order valence-corrected chi connectivity index (χ3v) is 4.13. The first kappa shape index (κ1) is 11.2. The Labute approximate surface area is 101 Å². The van der Waals surface area contributed by atoms with E-state index in [1.807, 2.05) is 11.3 Å². The number of thiophene rings is 1. The third kappa shape index (κ3) is 2.46. The van der Waals surface area contributed by atoms with Gasteiger partial charge < -0.3 is 0 Å². The average Bonchev–Trinajstić information content (AvgIpc) is 2.47. The fraction of sp³-hybridized carbons (Fsp3) is 0.538. The van der Waals surface area contributed by atoms with Gasteiger partial charge >= 0.3 is 0 Å². The summed E-state index contributed by atoms with van der Waals surface area (Å²) in [5.74, 6) is 0. The Kier molecular flexibility index (Phi) is 2.96. The average molecular weight is 241 g/mol. The summed E-state index contributed by atoms with van der Waals surface area (Å²) in [6.07, 6.45) is 4.47. The molecule has 0 nitrogen and oxygen atoms in total. The van der Waals surface area contributed by atoms with Gasteiger partial charge in [-0.25, -0.2) is 0 Å². The maximum Gasteiger partial charge on any atom is 0.0527 e. The minimum atomic E-state index is 0.197. The molecule has 0 saturated heterocycles. The fourth-order valence-electron chi connectivity index (χ4n) is 2.35. The summed E-state index contributed by atoms with van der Waals surface area (Å²) in [4.78, 5) is 1.41. The van der Waals surface area contributed by atoms with E-state index in [9.17, 15) is 0 Å². The Bertz CT molecular complexity index is 387. The standard InChI is InChI=1S/C13H17ClS/c1-9-12(4-5-15-9)10-6-11(14)8-13(2,3)7-10/h4-6,11H,7-8H2,1-3H3. The van der Waals surface area contributed by atoms with E-state index in [4.69, 9.17) is 11.6 Å². The Morgan fingerprint density at radius 3 is 2.73 bits per heavy atom. The molecule has 1 aliphatic rings. The topological polar surface area (TPSA) is 0 Å². The molecule has 0 bridgehead atoms. The molecule has 1 aromatic rings. The van der Waals surface area contributed by atoms with E-state index >= 15 is 0 Å². The molecular formula is C13H17ClS. The maximum atomic E-state index is 6.29. The quantitative estimate of drug-likeness (QED) is 0.615. The van der Waals surface area contributed by atoms with E-state index in [-0.39, 0.29) is 5.38 Å². The van der Waals surface area contributed by atoms with Crippen molar-refractivity contribution in [3.8, 4) is 0 Å². The molecule has 2 heteroatoms. The van der Waals surface area contributed by atoms with Gasteiger partial charge in [0, 0.05) is 4.88 Å². The van der Waals surface area contributed by atoms with Gasteiger partial charge in [0.1, 0.15) is 0 Å². The molecule has 1 unspecified atom stereocenters. The first-order valence-electron chi connectivity index (χ1n) is 5.37. The highest BCUT2D eigenvalue weighted by Gasteiger charge is 2.28. The summed E-state index contributed by atoms with van der Waals surface area (Å²) in [5.41, 5.74) is 3.17. The Morgan fingerprint density at radius 1 is 1.47 bits per heavy atom. The lowest BCUT2D eigenvalue weighted by molar-refractivity contribution is 0.340. The lowest BCUT2D eigenvalue weighted by Crippen LogP contribution is -2.21. The molecule has 0 amide bonds. The van der Waals surface area contributed by atoms with E-state index in [0.717, 1.165) is 12.8 Å². The summed E-state index contributed by atoms with van der Waals surface area (Å²) in [7, 11) is 0. The van der Waals surface area contributed by atoms with Crippen LogP contribution in [0.25, 0.3) is 5.57 Å². The zero-order valence-corrected chi connectivity index (χ0v) is 11.1. The minimum absolute atomic E-state index is 0.197. The van der Waals surface area contributed by atoms with Gasteiger partial charge in [-0.2, -0.15) is 0 Å².